The van der Waals surface area contributed by atoms with Crippen molar-refractivity contribution in [2.24, 2.45) is 0 Å². The Morgan fingerprint density at radius 1 is 0.978 bits per heavy atom. The van der Waals surface area contributed by atoms with Crippen molar-refractivity contribution in [3.63, 3.8) is 0 Å². The number of halogens is 2. The van der Waals surface area contributed by atoms with Gasteiger partial charge >= 0.3 is 5.97 Å². The number of carboxylic acid groups (broad SMARTS) is 1. The fourth-order valence-electron chi connectivity index (χ4n) is 5.53. The van der Waals surface area contributed by atoms with Gasteiger partial charge in [-0.1, -0.05) is 25.0 Å². The maximum Gasteiger partial charge on any atom is 0.335 e. The lowest BCUT2D eigenvalue weighted by Gasteiger charge is -2.31. The molecule has 238 valence electrons. The lowest BCUT2D eigenvalue weighted by molar-refractivity contribution is 0.0696. The normalized spacial score (nSPS) is 13.7. The van der Waals surface area contributed by atoms with Crippen molar-refractivity contribution in [2.45, 2.75) is 70.7 Å². The van der Waals surface area contributed by atoms with E-state index in [0.29, 0.717) is 61.3 Å². The molecular weight excluding hydrogens is 594 g/mol. The zero-order valence-corrected chi connectivity index (χ0v) is 25.3. The van der Waals surface area contributed by atoms with Crippen LogP contribution in [0, 0.1) is 34.3 Å². The molecule has 12 heteroatoms. The minimum Gasteiger partial charge on any atom is -0.478 e. The van der Waals surface area contributed by atoms with Crippen LogP contribution in [0.15, 0.2) is 48.5 Å². The highest BCUT2D eigenvalue weighted by Crippen LogP contribution is 2.26. The maximum absolute atomic E-state index is 14.9. The second kappa shape index (κ2) is 15.3. The van der Waals surface area contributed by atoms with Crippen LogP contribution in [0.1, 0.15) is 72.3 Å². The van der Waals surface area contributed by atoms with Crippen LogP contribution in [0.25, 0.3) is 11.0 Å². The fourth-order valence-corrected chi connectivity index (χ4v) is 5.53. The van der Waals surface area contributed by atoms with Crippen LogP contribution < -0.4 is 9.47 Å². The van der Waals surface area contributed by atoms with E-state index >= 15 is 0 Å². The topological polar surface area (TPSA) is 137 Å². The zero-order valence-electron chi connectivity index (χ0n) is 25.3. The number of carboxylic acids is 1. The molecule has 4 aromatic rings. The second-order valence-electron chi connectivity index (χ2n) is 11.2. The number of fused-ring (bicyclic) bond motifs is 1. The number of benzene rings is 2. The number of rotatable bonds is 14. The van der Waals surface area contributed by atoms with E-state index < -0.39 is 17.6 Å². The molecule has 0 saturated carbocycles. The van der Waals surface area contributed by atoms with Gasteiger partial charge in [0.05, 0.1) is 35.3 Å². The number of nitrogens with zero attached hydrogens (tertiary/aromatic N) is 6. The maximum atomic E-state index is 14.9. The predicted octanol–water partition coefficient (Wildman–Crippen LogP) is 6.38. The summed E-state index contributed by atoms with van der Waals surface area (Å²) in [7, 11) is 0. The number of carbonyl (C=O) groups is 1. The monoisotopic (exact) mass is 628 g/mol. The molecule has 2 aromatic carbocycles. The van der Waals surface area contributed by atoms with E-state index in [1.807, 2.05) is 10.6 Å². The number of likely N-dealkylation sites (tertiary alicyclic amines) is 1. The minimum atomic E-state index is -1.19. The first-order valence-corrected chi connectivity index (χ1v) is 15.3. The van der Waals surface area contributed by atoms with Crippen molar-refractivity contribution in [3.05, 3.63) is 82.7 Å². The molecule has 1 saturated heterocycles. The molecule has 0 bridgehead atoms. The molecule has 1 N–H and O–H groups in total. The number of unbranched alkanes of at least 4 members (excludes halogenated alkanes) is 4. The van der Waals surface area contributed by atoms with Gasteiger partial charge in [0, 0.05) is 43.8 Å². The Morgan fingerprint density at radius 2 is 1.76 bits per heavy atom. The number of hydrogen-bond acceptors (Lipinski definition) is 8. The van der Waals surface area contributed by atoms with Crippen molar-refractivity contribution < 1.29 is 28.2 Å². The minimum absolute atomic E-state index is 0.0418. The van der Waals surface area contributed by atoms with Crippen molar-refractivity contribution in [3.8, 4) is 23.9 Å². The van der Waals surface area contributed by atoms with Gasteiger partial charge in [-0.2, -0.15) is 15.5 Å². The molecule has 10 nitrogen and oxygen atoms in total. The molecule has 1 aliphatic heterocycles. The first-order valence-electron chi connectivity index (χ1n) is 15.3. The third-order valence-electron chi connectivity index (χ3n) is 8.00. The van der Waals surface area contributed by atoms with E-state index in [1.165, 1.54) is 24.3 Å². The molecule has 2 aromatic heterocycles. The van der Waals surface area contributed by atoms with E-state index in [4.69, 9.17) is 20.0 Å². The SMILES string of the molecule is N#CCCCCCCn1c(CN2CCC(Oc3cccc(OCc4ccc(C#N)cc4F)n3)CC2)nc2c(F)cc(C(=O)O)cc21. The Balaban J connectivity index is 1.19. The smallest absolute Gasteiger partial charge is 0.335 e. The molecule has 46 heavy (non-hydrogen) atoms. The summed E-state index contributed by atoms with van der Waals surface area (Å²) in [5.41, 5.74) is 1.07. The molecule has 1 fully saturated rings. The number of ether oxygens (including phenoxy) is 2. The van der Waals surface area contributed by atoms with Crippen LogP contribution in [0.5, 0.6) is 11.8 Å². The van der Waals surface area contributed by atoms with Crippen molar-refractivity contribution in [1.82, 2.24) is 19.4 Å². The first kappa shape index (κ1) is 32.3. The predicted molar refractivity (Wildman–Crippen MR) is 164 cm³/mol. The van der Waals surface area contributed by atoms with E-state index in [0.717, 1.165) is 44.6 Å². The Labute approximate surface area is 265 Å². The average Bonchev–Trinajstić information content (AvgIpc) is 3.40. The molecule has 0 amide bonds. The average molecular weight is 629 g/mol. The quantitative estimate of drug-likeness (QED) is 0.158. The summed E-state index contributed by atoms with van der Waals surface area (Å²) >= 11 is 0. The van der Waals surface area contributed by atoms with Crippen LogP contribution >= 0.6 is 0 Å². The molecule has 0 radical (unpaired) electrons. The summed E-state index contributed by atoms with van der Waals surface area (Å²) in [6.45, 7) is 2.42. The number of piperidine rings is 1. The van der Waals surface area contributed by atoms with E-state index in [2.05, 4.69) is 20.9 Å². The molecule has 0 unspecified atom stereocenters. The largest absolute Gasteiger partial charge is 0.478 e. The fraction of sp³-hybridized carbons (Fsp3) is 0.382. The Hall–Kier alpha value is -5.07. The number of hydrogen-bond donors (Lipinski definition) is 1. The van der Waals surface area contributed by atoms with Gasteiger partial charge in [0.1, 0.15) is 29.9 Å². The second-order valence-corrected chi connectivity index (χ2v) is 11.2. The standard InChI is InChI=1S/C34H34F2N6O4/c35-27-17-23(20-38)9-10-24(27)22-45-31-7-6-8-32(40-31)46-26-11-15-41(16-12-26)21-30-39-33-28(36)18-25(34(43)44)19-29(33)42(30)14-5-3-1-2-4-13-37/h6-10,17-19,26H,1-5,11-12,14-16,21-22H2,(H,43,44). The zero-order chi connectivity index (χ0) is 32.5. The number of aromatic carboxylic acids is 1. The first-order chi connectivity index (χ1) is 22.3. The van der Waals surface area contributed by atoms with Crippen molar-refractivity contribution in [2.75, 3.05) is 13.1 Å². The van der Waals surface area contributed by atoms with Gasteiger partial charge in [0.2, 0.25) is 11.8 Å². The number of imidazole rings is 1. The molecule has 0 spiro atoms. The molecule has 3 heterocycles. The van der Waals surface area contributed by atoms with Gasteiger partial charge in [0.25, 0.3) is 0 Å². The highest BCUT2D eigenvalue weighted by Gasteiger charge is 2.24. The van der Waals surface area contributed by atoms with E-state index in [1.54, 1.807) is 18.2 Å². The third-order valence-corrected chi connectivity index (χ3v) is 8.00. The molecular formula is C34H34F2N6O4. The van der Waals surface area contributed by atoms with Crippen LogP contribution in [0.2, 0.25) is 0 Å². The van der Waals surface area contributed by atoms with E-state index in [9.17, 15) is 18.7 Å². The molecule has 0 aliphatic carbocycles. The number of aryl methyl sites for hydroxylation is 1. The number of pyridine rings is 1. The third kappa shape index (κ3) is 8.14. The van der Waals surface area contributed by atoms with Gasteiger partial charge in [-0.15, -0.1) is 0 Å². The lowest BCUT2D eigenvalue weighted by Crippen LogP contribution is -2.38. The van der Waals surface area contributed by atoms with Crippen LogP contribution in [0.4, 0.5) is 8.78 Å². The summed E-state index contributed by atoms with van der Waals surface area (Å²) in [6, 6.07) is 15.9. The van der Waals surface area contributed by atoms with Gasteiger partial charge in [-0.25, -0.2) is 18.6 Å². The van der Waals surface area contributed by atoms with E-state index in [-0.39, 0.29) is 29.4 Å². The van der Waals surface area contributed by atoms with Crippen LogP contribution in [-0.4, -0.2) is 49.7 Å². The van der Waals surface area contributed by atoms with Gasteiger partial charge in [0.15, 0.2) is 5.82 Å². The van der Waals surface area contributed by atoms with Gasteiger partial charge in [-0.3, -0.25) is 4.90 Å². The number of nitriles is 2. The number of aromatic nitrogens is 3. The summed E-state index contributed by atoms with van der Waals surface area (Å²) in [5, 5.41) is 27.2. The molecule has 0 atom stereocenters. The highest BCUT2D eigenvalue weighted by molar-refractivity contribution is 5.92. The Bertz CT molecular complexity index is 1770. The summed E-state index contributed by atoms with van der Waals surface area (Å²) in [4.78, 5) is 22.9. The van der Waals surface area contributed by atoms with Crippen molar-refractivity contribution in [1.29, 1.82) is 10.5 Å². The van der Waals surface area contributed by atoms with Crippen LogP contribution in [0.3, 0.4) is 0 Å². The molecule has 1 aliphatic rings. The Morgan fingerprint density at radius 3 is 2.50 bits per heavy atom. The summed E-state index contributed by atoms with van der Waals surface area (Å²) < 4.78 is 42.9. The molecule has 5 rings (SSSR count). The van der Waals surface area contributed by atoms with Crippen LogP contribution in [-0.2, 0) is 19.7 Å². The summed E-state index contributed by atoms with van der Waals surface area (Å²) in [6.07, 6.45) is 5.32. The summed E-state index contributed by atoms with van der Waals surface area (Å²) in [5.74, 6) is -0.996. The van der Waals surface area contributed by atoms with Gasteiger partial charge < -0.3 is 19.1 Å². The Kier molecular flexibility index (Phi) is 10.7. The van der Waals surface area contributed by atoms with Gasteiger partial charge in [-0.05, 0) is 49.9 Å². The van der Waals surface area contributed by atoms with Crippen molar-refractivity contribution >= 4 is 17.0 Å². The lowest BCUT2D eigenvalue weighted by atomic mass is 10.1. The highest BCUT2D eigenvalue weighted by atomic mass is 19.1.